The summed E-state index contributed by atoms with van der Waals surface area (Å²) < 4.78 is 22.6. The molecule has 14 heteroatoms. The molecule has 424 valence electrons. The predicted molar refractivity (Wildman–Crippen MR) is 290 cm³/mol. The third kappa shape index (κ3) is 30.9. The molecular formula is C59H105NO13. The lowest BCUT2D eigenvalue weighted by Crippen LogP contribution is -2.65. The van der Waals surface area contributed by atoms with Crippen LogP contribution in [0.25, 0.3) is 0 Å². The highest BCUT2D eigenvalue weighted by Gasteiger charge is 2.51. The lowest BCUT2D eigenvalue weighted by Gasteiger charge is -2.46. The first-order valence-corrected chi connectivity index (χ1v) is 29.0. The highest BCUT2D eigenvalue weighted by Crippen LogP contribution is 2.30. The lowest BCUT2D eigenvalue weighted by atomic mass is 9.97. The molecule has 73 heavy (non-hydrogen) atoms. The van der Waals surface area contributed by atoms with Crippen molar-refractivity contribution in [1.82, 2.24) is 5.32 Å². The Balaban J connectivity index is 1.50. The molecule has 2 aliphatic rings. The standard InChI is InChI=1S/C59H105NO13/c1-3-5-7-9-10-11-12-13-14-15-16-17-18-19-20-21-22-23-24-25-26-27-28-29-30-31-32-33-34-35-36-37-38-39-41-43-51(64)60-47(48(63)42-40-8-6-4-2)46-70-58-56(69)54(67)57(50(45-62)72-58)73-59-55(68)53(66)52(65)49(44-61)71-59/h5,7,10-11,13-14,16-17,19-20,47-50,52-59,61-63,65-69H,3-4,6,8-9,12,15,18,21-46H2,1-2H3,(H,60,64)/b7-5-,11-10-,14-13-,17-16-,20-19-. The second-order valence-electron chi connectivity index (χ2n) is 20.4. The van der Waals surface area contributed by atoms with Crippen LogP contribution in [-0.2, 0) is 23.7 Å². The van der Waals surface area contributed by atoms with Gasteiger partial charge in [0.05, 0.1) is 32.0 Å². The number of unbranched alkanes of at least 4 members (excludes halogenated alkanes) is 22. The summed E-state index contributed by atoms with van der Waals surface area (Å²) in [5.41, 5.74) is 0. The Hall–Kier alpha value is -2.31. The smallest absolute Gasteiger partial charge is 0.220 e. The van der Waals surface area contributed by atoms with Crippen LogP contribution in [0, 0.1) is 0 Å². The number of carbonyl (C=O) groups is 1. The normalized spacial score (nSPS) is 25.8. The molecule has 0 aromatic heterocycles. The number of amides is 1. The van der Waals surface area contributed by atoms with Gasteiger partial charge in [0, 0.05) is 6.42 Å². The van der Waals surface area contributed by atoms with Crippen molar-refractivity contribution in [2.24, 2.45) is 0 Å². The van der Waals surface area contributed by atoms with Crippen molar-refractivity contribution in [3.63, 3.8) is 0 Å². The minimum absolute atomic E-state index is 0.216. The van der Waals surface area contributed by atoms with E-state index in [2.05, 4.69) is 79.9 Å². The molecule has 0 spiro atoms. The van der Waals surface area contributed by atoms with E-state index in [9.17, 15) is 45.6 Å². The Kier molecular flexibility index (Phi) is 41.0. The largest absolute Gasteiger partial charge is 0.394 e. The maximum absolute atomic E-state index is 13.1. The zero-order chi connectivity index (χ0) is 53.2. The number of hydrogen-bond acceptors (Lipinski definition) is 13. The number of hydrogen-bond donors (Lipinski definition) is 9. The quantitative estimate of drug-likeness (QED) is 0.0205. The van der Waals surface area contributed by atoms with Gasteiger partial charge >= 0.3 is 0 Å². The van der Waals surface area contributed by atoms with E-state index in [-0.39, 0.29) is 12.5 Å². The number of rotatable bonds is 45. The maximum atomic E-state index is 13.1. The minimum Gasteiger partial charge on any atom is -0.394 e. The van der Waals surface area contributed by atoms with E-state index in [0.717, 1.165) is 83.5 Å². The summed E-state index contributed by atoms with van der Waals surface area (Å²) in [5, 5.41) is 86.3. The van der Waals surface area contributed by atoms with Gasteiger partial charge in [0.25, 0.3) is 0 Å². The van der Waals surface area contributed by atoms with Crippen molar-refractivity contribution in [1.29, 1.82) is 0 Å². The van der Waals surface area contributed by atoms with Crippen molar-refractivity contribution < 1.29 is 64.6 Å². The number of carbonyl (C=O) groups excluding carboxylic acids is 1. The van der Waals surface area contributed by atoms with Crippen LogP contribution in [0.3, 0.4) is 0 Å². The van der Waals surface area contributed by atoms with Crippen LogP contribution in [0.4, 0.5) is 0 Å². The molecular weight excluding hydrogens is 931 g/mol. The number of ether oxygens (including phenoxy) is 4. The van der Waals surface area contributed by atoms with Crippen LogP contribution < -0.4 is 5.32 Å². The molecule has 12 unspecified atom stereocenters. The molecule has 0 radical (unpaired) electrons. The van der Waals surface area contributed by atoms with Gasteiger partial charge in [-0.2, -0.15) is 0 Å². The van der Waals surface area contributed by atoms with Gasteiger partial charge in [-0.05, 0) is 57.8 Å². The van der Waals surface area contributed by atoms with Crippen LogP contribution in [0.1, 0.15) is 213 Å². The first-order chi connectivity index (χ1) is 35.6. The fourth-order valence-electron chi connectivity index (χ4n) is 9.32. The summed E-state index contributed by atoms with van der Waals surface area (Å²) >= 11 is 0. The topological polar surface area (TPSA) is 228 Å². The molecule has 12 atom stereocenters. The first-order valence-electron chi connectivity index (χ1n) is 29.0. The Morgan fingerprint density at radius 1 is 0.507 bits per heavy atom. The average Bonchev–Trinajstić information content (AvgIpc) is 3.39. The van der Waals surface area contributed by atoms with Gasteiger partial charge in [-0.25, -0.2) is 0 Å². The molecule has 2 saturated heterocycles. The van der Waals surface area contributed by atoms with Crippen molar-refractivity contribution in [3.05, 3.63) is 60.8 Å². The molecule has 2 fully saturated rings. The van der Waals surface area contributed by atoms with Crippen molar-refractivity contribution in [3.8, 4) is 0 Å². The highest BCUT2D eigenvalue weighted by atomic mass is 16.7. The lowest BCUT2D eigenvalue weighted by molar-refractivity contribution is -0.359. The van der Waals surface area contributed by atoms with E-state index in [1.54, 1.807) is 0 Å². The molecule has 2 aliphatic heterocycles. The second-order valence-corrected chi connectivity index (χ2v) is 20.4. The molecule has 2 rings (SSSR count). The summed E-state index contributed by atoms with van der Waals surface area (Å²) in [6, 6.07) is -0.824. The van der Waals surface area contributed by atoms with Gasteiger partial charge in [0.2, 0.25) is 5.91 Å². The highest BCUT2D eigenvalue weighted by molar-refractivity contribution is 5.76. The van der Waals surface area contributed by atoms with Crippen LogP contribution in [0.15, 0.2) is 60.8 Å². The molecule has 14 nitrogen and oxygen atoms in total. The maximum Gasteiger partial charge on any atom is 0.220 e. The summed E-state index contributed by atoms with van der Waals surface area (Å²) in [6.45, 7) is 2.60. The van der Waals surface area contributed by atoms with Gasteiger partial charge in [-0.1, -0.05) is 209 Å². The monoisotopic (exact) mass is 1040 g/mol. The molecule has 9 N–H and O–H groups in total. The van der Waals surface area contributed by atoms with Crippen LogP contribution >= 0.6 is 0 Å². The van der Waals surface area contributed by atoms with Gasteiger partial charge in [-0.3, -0.25) is 4.79 Å². The number of allylic oxidation sites excluding steroid dienone is 10. The van der Waals surface area contributed by atoms with Gasteiger partial charge in [0.15, 0.2) is 12.6 Å². The molecule has 0 aromatic carbocycles. The Bertz CT molecular complexity index is 1450. The van der Waals surface area contributed by atoms with E-state index in [0.29, 0.717) is 12.8 Å². The molecule has 0 aromatic rings. The van der Waals surface area contributed by atoms with Crippen LogP contribution in [0.2, 0.25) is 0 Å². The second kappa shape index (κ2) is 44.8. The number of aliphatic hydroxyl groups excluding tert-OH is 8. The summed E-state index contributed by atoms with van der Waals surface area (Å²) in [6.07, 6.45) is 40.6. The average molecular weight is 1040 g/mol. The first kappa shape index (κ1) is 66.8. The summed E-state index contributed by atoms with van der Waals surface area (Å²) in [7, 11) is 0. The number of nitrogens with one attached hydrogen (secondary N) is 1. The predicted octanol–water partition coefficient (Wildman–Crippen LogP) is 9.39. The fourth-order valence-corrected chi connectivity index (χ4v) is 9.32. The Labute approximate surface area is 441 Å². The van der Waals surface area contributed by atoms with E-state index < -0.39 is 86.8 Å². The van der Waals surface area contributed by atoms with Gasteiger partial charge < -0.3 is 65.1 Å². The van der Waals surface area contributed by atoms with Crippen LogP contribution in [0.5, 0.6) is 0 Å². The molecule has 1 amide bonds. The summed E-state index contributed by atoms with van der Waals surface area (Å²) in [5.74, 6) is -0.216. The van der Waals surface area contributed by atoms with Crippen molar-refractivity contribution in [2.75, 3.05) is 19.8 Å². The Morgan fingerprint density at radius 2 is 0.945 bits per heavy atom. The van der Waals surface area contributed by atoms with E-state index in [1.807, 2.05) is 0 Å². The Morgan fingerprint density at radius 3 is 1.44 bits per heavy atom. The third-order valence-electron chi connectivity index (χ3n) is 14.0. The van der Waals surface area contributed by atoms with Crippen LogP contribution in [-0.4, -0.2) is 140 Å². The molecule has 0 aliphatic carbocycles. The fraction of sp³-hybridized carbons (Fsp3) is 0.814. The number of aliphatic hydroxyl groups is 8. The molecule has 2 heterocycles. The van der Waals surface area contributed by atoms with E-state index >= 15 is 0 Å². The molecule has 0 saturated carbocycles. The zero-order valence-corrected chi connectivity index (χ0v) is 45.4. The minimum atomic E-state index is -1.78. The van der Waals surface area contributed by atoms with E-state index in [1.165, 1.54) is 103 Å². The van der Waals surface area contributed by atoms with E-state index in [4.69, 9.17) is 18.9 Å². The molecule has 0 bridgehead atoms. The summed E-state index contributed by atoms with van der Waals surface area (Å²) in [4.78, 5) is 13.1. The SMILES string of the molecule is CC/C=C\C/C=C\C/C=C\C/C=C\C/C=C\CCCCCCCCCCCCCCCCCCCCCC(=O)NC(COC1OC(CO)C(OC2OC(CO)C(O)C(O)C2O)C(O)C1O)C(O)CCCCCC. The third-order valence-corrected chi connectivity index (χ3v) is 14.0. The van der Waals surface area contributed by atoms with Crippen molar-refractivity contribution >= 4 is 5.91 Å². The van der Waals surface area contributed by atoms with Crippen molar-refractivity contribution in [2.45, 2.75) is 286 Å². The van der Waals surface area contributed by atoms with Gasteiger partial charge in [-0.15, -0.1) is 0 Å². The zero-order valence-electron chi connectivity index (χ0n) is 45.4. The van der Waals surface area contributed by atoms with Gasteiger partial charge in [0.1, 0.15) is 48.8 Å².